The summed E-state index contributed by atoms with van der Waals surface area (Å²) >= 11 is 6.12. The summed E-state index contributed by atoms with van der Waals surface area (Å²) < 4.78 is 10.4. The third-order valence-electron chi connectivity index (χ3n) is 3.96. The van der Waals surface area contributed by atoms with Gasteiger partial charge in [-0.3, -0.25) is 4.79 Å². The minimum absolute atomic E-state index is 0.319. The Morgan fingerprint density at radius 2 is 1.57 bits per heavy atom. The number of rotatable bonds is 6. The lowest BCUT2D eigenvalue weighted by Gasteiger charge is -2.09. The Kier molecular flexibility index (Phi) is 5.96. The fourth-order valence-corrected chi connectivity index (χ4v) is 2.59. The van der Waals surface area contributed by atoms with Gasteiger partial charge in [-0.1, -0.05) is 17.7 Å². The number of carbonyl (C=O) groups is 1. The van der Waals surface area contributed by atoms with Gasteiger partial charge in [0.25, 0.3) is 5.91 Å². The lowest BCUT2D eigenvalue weighted by atomic mass is 10.2. The second-order valence-corrected chi connectivity index (χ2v) is 6.36. The van der Waals surface area contributed by atoms with Crippen molar-refractivity contribution in [2.24, 2.45) is 0 Å². The molecule has 2 N–H and O–H groups in total. The van der Waals surface area contributed by atoms with Gasteiger partial charge in [-0.2, -0.15) is 0 Å². The van der Waals surface area contributed by atoms with Crippen LogP contribution in [0.2, 0.25) is 5.02 Å². The van der Waals surface area contributed by atoms with Crippen LogP contribution < -0.4 is 20.1 Å². The average molecular weight is 399 g/mol. The number of benzene rings is 2. The molecule has 0 unspecified atom stereocenters. The van der Waals surface area contributed by atoms with Gasteiger partial charge >= 0.3 is 0 Å². The van der Waals surface area contributed by atoms with Crippen LogP contribution in [0.15, 0.2) is 48.5 Å². The van der Waals surface area contributed by atoms with Gasteiger partial charge in [-0.05, 0) is 48.9 Å². The Morgan fingerprint density at radius 3 is 2.14 bits per heavy atom. The van der Waals surface area contributed by atoms with E-state index >= 15 is 0 Å². The van der Waals surface area contributed by atoms with Crippen molar-refractivity contribution in [1.82, 2.24) is 10.2 Å². The Balaban J connectivity index is 1.70. The first kappa shape index (κ1) is 19.4. The van der Waals surface area contributed by atoms with Gasteiger partial charge in [0, 0.05) is 22.3 Å². The molecule has 1 aromatic heterocycles. The number of aromatic nitrogens is 2. The fraction of sp³-hybridized carbons (Fsp3) is 0.150. The third kappa shape index (κ3) is 4.69. The highest BCUT2D eigenvalue weighted by molar-refractivity contribution is 6.31. The van der Waals surface area contributed by atoms with Crippen LogP contribution in [0.5, 0.6) is 11.5 Å². The summed E-state index contributed by atoms with van der Waals surface area (Å²) in [6.45, 7) is 1.93. The summed E-state index contributed by atoms with van der Waals surface area (Å²) in [5, 5.41) is 14.6. The summed E-state index contributed by atoms with van der Waals surface area (Å²) in [4.78, 5) is 12.5. The van der Waals surface area contributed by atoms with Gasteiger partial charge in [-0.15, -0.1) is 10.2 Å². The van der Waals surface area contributed by atoms with Gasteiger partial charge in [0.05, 0.1) is 14.2 Å². The number of halogens is 1. The number of methoxy groups -OCH3 is 2. The quantitative estimate of drug-likeness (QED) is 0.638. The lowest BCUT2D eigenvalue weighted by Crippen LogP contribution is -2.14. The number of hydrogen-bond acceptors (Lipinski definition) is 6. The van der Waals surface area contributed by atoms with Crippen molar-refractivity contribution in [1.29, 1.82) is 0 Å². The van der Waals surface area contributed by atoms with Crippen LogP contribution >= 0.6 is 11.6 Å². The van der Waals surface area contributed by atoms with Crippen LogP contribution in [0.4, 0.5) is 17.3 Å². The first-order valence-corrected chi connectivity index (χ1v) is 8.77. The minimum Gasteiger partial charge on any atom is -0.497 e. The van der Waals surface area contributed by atoms with Crippen LogP contribution in [0.25, 0.3) is 0 Å². The molecule has 0 aliphatic carbocycles. The van der Waals surface area contributed by atoms with E-state index in [9.17, 15) is 4.79 Å². The van der Waals surface area contributed by atoms with Gasteiger partial charge < -0.3 is 20.1 Å². The van der Waals surface area contributed by atoms with Crippen LogP contribution in [-0.2, 0) is 0 Å². The highest BCUT2D eigenvalue weighted by Crippen LogP contribution is 2.24. The normalized spacial score (nSPS) is 10.3. The van der Waals surface area contributed by atoms with E-state index in [1.165, 1.54) is 14.2 Å². The maximum absolute atomic E-state index is 12.5. The highest BCUT2D eigenvalue weighted by atomic mass is 35.5. The van der Waals surface area contributed by atoms with E-state index in [-0.39, 0.29) is 5.91 Å². The van der Waals surface area contributed by atoms with Crippen molar-refractivity contribution in [3.8, 4) is 11.5 Å². The first-order valence-electron chi connectivity index (χ1n) is 8.40. The zero-order valence-corrected chi connectivity index (χ0v) is 16.4. The summed E-state index contributed by atoms with van der Waals surface area (Å²) in [7, 11) is 3.05. The molecule has 0 saturated carbocycles. The number of carbonyl (C=O) groups excluding carboxylic acids is 1. The number of aryl methyl sites for hydroxylation is 1. The van der Waals surface area contributed by atoms with Crippen LogP contribution in [-0.4, -0.2) is 30.3 Å². The molecule has 0 saturated heterocycles. The molecular formula is C20H19ClN4O3. The number of ether oxygens (including phenoxy) is 2. The lowest BCUT2D eigenvalue weighted by molar-refractivity contribution is 0.102. The second kappa shape index (κ2) is 8.58. The Labute approximate surface area is 167 Å². The predicted octanol–water partition coefficient (Wildman–Crippen LogP) is 4.45. The molecule has 28 heavy (non-hydrogen) atoms. The summed E-state index contributed by atoms with van der Waals surface area (Å²) in [6.07, 6.45) is 0. The average Bonchev–Trinajstić information content (AvgIpc) is 2.71. The van der Waals surface area contributed by atoms with E-state index in [1.807, 2.05) is 25.1 Å². The molecule has 0 radical (unpaired) electrons. The van der Waals surface area contributed by atoms with E-state index in [1.54, 1.807) is 30.3 Å². The van der Waals surface area contributed by atoms with Crippen molar-refractivity contribution >= 4 is 34.8 Å². The van der Waals surface area contributed by atoms with Gasteiger partial charge in [-0.25, -0.2) is 0 Å². The second-order valence-electron chi connectivity index (χ2n) is 5.95. The molecule has 0 aliphatic rings. The highest BCUT2D eigenvalue weighted by Gasteiger charge is 2.11. The van der Waals surface area contributed by atoms with Crippen LogP contribution in [0, 0.1) is 6.92 Å². The topological polar surface area (TPSA) is 85.4 Å². The van der Waals surface area contributed by atoms with Crippen molar-refractivity contribution in [3.63, 3.8) is 0 Å². The predicted molar refractivity (Wildman–Crippen MR) is 109 cm³/mol. The first-order chi connectivity index (χ1) is 13.5. The standard InChI is InChI=1S/C20H19ClN4O3/c1-12-4-5-14(10-17(12)21)22-18-6-7-19(25-24-18)23-20(26)13-8-15(27-2)11-16(9-13)28-3/h4-11H,1-3H3,(H,22,24)(H,23,25,26). The zero-order valence-electron chi connectivity index (χ0n) is 15.6. The maximum Gasteiger partial charge on any atom is 0.257 e. The molecule has 144 valence electrons. The molecule has 0 aliphatic heterocycles. The van der Waals surface area contributed by atoms with Crippen molar-refractivity contribution in [2.75, 3.05) is 24.9 Å². The Bertz CT molecular complexity index is 971. The Morgan fingerprint density at radius 1 is 0.929 bits per heavy atom. The van der Waals surface area contributed by atoms with E-state index < -0.39 is 0 Å². The molecule has 8 heteroatoms. The zero-order chi connectivity index (χ0) is 20.1. The number of hydrogen-bond donors (Lipinski definition) is 2. The minimum atomic E-state index is -0.350. The van der Waals surface area contributed by atoms with E-state index in [0.29, 0.717) is 33.7 Å². The SMILES string of the molecule is COc1cc(OC)cc(C(=O)Nc2ccc(Nc3ccc(C)c(Cl)c3)nn2)c1. The maximum atomic E-state index is 12.5. The Hall–Kier alpha value is -3.32. The smallest absolute Gasteiger partial charge is 0.257 e. The summed E-state index contributed by atoms with van der Waals surface area (Å²) in [6, 6.07) is 13.9. The summed E-state index contributed by atoms with van der Waals surface area (Å²) in [5.41, 5.74) is 2.17. The molecule has 1 heterocycles. The molecule has 3 aromatic rings. The van der Waals surface area contributed by atoms with Gasteiger partial charge in [0.2, 0.25) is 0 Å². The molecule has 0 spiro atoms. The molecule has 0 bridgehead atoms. The van der Waals surface area contributed by atoms with Crippen molar-refractivity contribution in [2.45, 2.75) is 6.92 Å². The molecule has 1 amide bonds. The van der Waals surface area contributed by atoms with Gasteiger partial charge in [0.15, 0.2) is 11.6 Å². The largest absolute Gasteiger partial charge is 0.497 e. The number of nitrogens with one attached hydrogen (secondary N) is 2. The van der Waals surface area contributed by atoms with Gasteiger partial charge in [0.1, 0.15) is 11.5 Å². The third-order valence-corrected chi connectivity index (χ3v) is 4.37. The van der Waals surface area contributed by atoms with E-state index in [4.69, 9.17) is 21.1 Å². The van der Waals surface area contributed by atoms with E-state index in [2.05, 4.69) is 20.8 Å². The van der Waals surface area contributed by atoms with Crippen LogP contribution in [0.1, 0.15) is 15.9 Å². The molecule has 2 aromatic carbocycles. The molecular weight excluding hydrogens is 380 g/mol. The molecule has 7 nitrogen and oxygen atoms in total. The molecule has 0 atom stereocenters. The number of nitrogens with zero attached hydrogens (tertiary/aromatic N) is 2. The summed E-state index contributed by atoms with van der Waals surface area (Å²) in [5.74, 6) is 1.54. The number of amides is 1. The van der Waals surface area contributed by atoms with Crippen molar-refractivity contribution < 1.29 is 14.3 Å². The molecule has 3 rings (SSSR count). The number of anilines is 3. The van der Waals surface area contributed by atoms with E-state index in [0.717, 1.165) is 11.3 Å². The fourth-order valence-electron chi connectivity index (χ4n) is 2.41. The van der Waals surface area contributed by atoms with Crippen molar-refractivity contribution in [3.05, 3.63) is 64.7 Å². The van der Waals surface area contributed by atoms with Crippen LogP contribution in [0.3, 0.4) is 0 Å². The molecule has 0 fully saturated rings. The monoisotopic (exact) mass is 398 g/mol.